The summed E-state index contributed by atoms with van der Waals surface area (Å²) in [6.45, 7) is 6.83. The number of anilines is 2. The molecule has 0 bridgehead atoms. The average molecular weight is 563 g/mol. The van der Waals surface area contributed by atoms with E-state index in [9.17, 15) is 17.6 Å². The second-order valence-corrected chi connectivity index (χ2v) is 10.7. The second-order valence-electron chi connectivity index (χ2n) is 8.05. The molecule has 0 aliphatic rings. The highest BCUT2D eigenvalue weighted by atomic mass is 35.5. The van der Waals surface area contributed by atoms with Crippen molar-refractivity contribution in [2.24, 2.45) is 0 Å². The maximum Gasteiger partial charge on any atom is 0.262 e. The zero-order valence-electron chi connectivity index (χ0n) is 20.4. The van der Waals surface area contributed by atoms with Crippen LogP contribution in [0.15, 0.2) is 77.7 Å². The van der Waals surface area contributed by atoms with Gasteiger partial charge in [0.1, 0.15) is 5.82 Å². The fraction of sp³-hybridized carbons (Fsp3) is 0.231. The molecule has 1 amide bonds. The number of fused-ring (bicyclic) bond motifs is 1. The summed E-state index contributed by atoms with van der Waals surface area (Å²) in [4.78, 5) is 22.3. The minimum atomic E-state index is -4.04. The van der Waals surface area contributed by atoms with Gasteiger partial charge in [-0.25, -0.2) is 17.8 Å². The van der Waals surface area contributed by atoms with Crippen molar-refractivity contribution in [1.82, 2.24) is 9.88 Å². The zero-order chi connectivity index (χ0) is 25.7. The van der Waals surface area contributed by atoms with Crippen LogP contribution in [0.5, 0.6) is 0 Å². The van der Waals surface area contributed by atoms with Crippen molar-refractivity contribution in [3.05, 3.63) is 84.2 Å². The number of thiazole rings is 1. The van der Waals surface area contributed by atoms with Crippen LogP contribution in [0.4, 0.5) is 15.2 Å². The summed E-state index contributed by atoms with van der Waals surface area (Å²) in [6.07, 6.45) is 0. The van der Waals surface area contributed by atoms with Crippen LogP contribution in [0.25, 0.3) is 10.2 Å². The van der Waals surface area contributed by atoms with Crippen LogP contribution in [0.2, 0.25) is 0 Å². The molecule has 0 aliphatic heterocycles. The molecule has 0 spiro atoms. The molecule has 1 N–H and O–H groups in total. The Labute approximate surface area is 226 Å². The number of para-hydroxylation sites is 2. The lowest BCUT2D eigenvalue weighted by atomic mass is 10.1. The fourth-order valence-electron chi connectivity index (χ4n) is 3.76. The maximum atomic E-state index is 13.9. The molecule has 0 saturated carbocycles. The van der Waals surface area contributed by atoms with Crippen LogP contribution < -0.4 is 9.62 Å². The summed E-state index contributed by atoms with van der Waals surface area (Å²) >= 11 is 1.41. The SMILES string of the molecule is CCN(CC)CCN(C(=O)c1ccccc1NS(=O)(=O)c1ccc(F)cc1)c1nc2ccccc2s1.Cl. The largest absolute Gasteiger partial charge is 0.302 e. The van der Waals surface area contributed by atoms with Gasteiger partial charge < -0.3 is 4.90 Å². The number of nitrogens with one attached hydrogen (secondary N) is 1. The molecule has 0 saturated heterocycles. The van der Waals surface area contributed by atoms with Crippen molar-refractivity contribution < 1.29 is 17.6 Å². The van der Waals surface area contributed by atoms with E-state index >= 15 is 0 Å². The molecule has 0 fully saturated rings. The maximum absolute atomic E-state index is 13.9. The minimum absolute atomic E-state index is 0. The Morgan fingerprint density at radius 2 is 1.59 bits per heavy atom. The van der Waals surface area contributed by atoms with Gasteiger partial charge in [-0.2, -0.15) is 0 Å². The Morgan fingerprint density at radius 1 is 0.946 bits per heavy atom. The van der Waals surface area contributed by atoms with Crippen LogP contribution in [0, 0.1) is 5.82 Å². The molecule has 0 atom stereocenters. The van der Waals surface area contributed by atoms with Gasteiger partial charge in [-0.1, -0.05) is 49.4 Å². The number of rotatable bonds is 10. The van der Waals surface area contributed by atoms with Crippen LogP contribution in [0.1, 0.15) is 24.2 Å². The number of amides is 1. The Hall–Kier alpha value is -3.05. The minimum Gasteiger partial charge on any atom is -0.302 e. The van der Waals surface area contributed by atoms with Crippen molar-refractivity contribution >= 4 is 60.7 Å². The monoisotopic (exact) mass is 562 g/mol. The third-order valence-corrected chi connectivity index (χ3v) is 8.26. The highest BCUT2D eigenvalue weighted by Crippen LogP contribution is 2.31. The highest BCUT2D eigenvalue weighted by molar-refractivity contribution is 7.92. The van der Waals surface area contributed by atoms with Gasteiger partial charge in [0.2, 0.25) is 0 Å². The molecule has 1 aromatic heterocycles. The smallest absolute Gasteiger partial charge is 0.262 e. The number of nitrogens with zero attached hydrogens (tertiary/aromatic N) is 3. The quantitative estimate of drug-likeness (QED) is 0.270. The standard InChI is InChI=1S/C26H27FN4O3S2.ClH/c1-3-30(4-2)17-18-31(26-28-23-11-7-8-12-24(23)35-26)25(32)21-9-5-6-10-22(21)29-36(33,34)20-15-13-19(27)14-16-20;/h5-16,29H,3-4,17-18H2,1-2H3;1H. The highest BCUT2D eigenvalue weighted by Gasteiger charge is 2.25. The summed E-state index contributed by atoms with van der Waals surface area (Å²) in [7, 11) is -4.04. The van der Waals surface area contributed by atoms with E-state index in [1.165, 1.54) is 29.5 Å². The molecule has 3 aromatic carbocycles. The van der Waals surface area contributed by atoms with Crippen molar-refractivity contribution in [2.45, 2.75) is 18.7 Å². The van der Waals surface area contributed by atoms with E-state index in [2.05, 4.69) is 28.5 Å². The Bertz CT molecular complexity index is 1430. The normalized spacial score (nSPS) is 11.4. The van der Waals surface area contributed by atoms with E-state index in [-0.39, 0.29) is 34.5 Å². The predicted octanol–water partition coefficient (Wildman–Crippen LogP) is 5.65. The number of likely N-dealkylation sites (N-methyl/N-ethyl adjacent to an activating group) is 1. The Kier molecular flexibility index (Phi) is 9.61. The molecule has 7 nitrogen and oxygen atoms in total. The van der Waals surface area contributed by atoms with Gasteiger partial charge in [-0.3, -0.25) is 14.4 Å². The molecular formula is C26H28ClFN4O3S2. The first-order valence-electron chi connectivity index (χ1n) is 11.6. The van der Waals surface area contributed by atoms with Crippen molar-refractivity contribution in [3.63, 3.8) is 0 Å². The van der Waals surface area contributed by atoms with E-state index in [1.54, 1.807) is 23.1 Å². The van der Waals surface area contributed by atoms with Gasteiger partial charge in [0.25, 0.3) is 15.9 Å². The van der Waals surface area contributed by atoms with Crippen LogP contribution in [-0.4, -0.2) is 50.4 Å². The Morgan fingerprint density at radius 3 is 2.27 bits per heavy atom. The first kappa shape index (κ1) is 28.5. The lowest BCUT2D eigenvalue weighted by Gasteiger charge is -2.25. The number of carbonyl (C=O) groups excluding carboxylic acids is 1. The van der Waals surface area contributed by atoms with E-state index < -0.39 is 15.8 Å². The summed E-state index contributed by atoms with van der Waals surface area (Å²) in [5.41, 5.74) is 1.13. The predicted molar refractivity (Wildman–Crippen MR) is 150 cm³/mol. The van der Waals surface area contributed by atoms with Crippen molar-refractivity contribution in [1.29, 1.82) is 0 Å². The molecule has 4 aromatic rings. The molecule has 0 aliphatic carbocycles. The number of benzene rings is 3. The first-order valence-corrected chi connectivity index (χ1v) is 13.9. The molecule has 0 radical (unpaired) electrons. The van der Waals surface area contributed by atoms with Gasteiger partial charge in [-0.15, -0.1) is 12.4 Å². The first-order chi connectivity index (χ1) is 17.3. The summed E-state index contributed by atoms with van der Waals surface area (Å²) in [5, 5.41) is 0.546. The van der Waals surface area contributed by atoms with Gasteiger partial charge in [0.05, 0.1) is 26.4 Å². The lowest BCUT2D eigenvalue weighted by molar-refractivity contribution is 0.0984. The third kappa shape index (κ3) is 6.64. The average Bonchev–Trinajstić information content (AvgIpc) is 3.30. The Balaban J connectivity index is 0.00000380. The zero-order valence-corrected chi connectivity index (χ0v) is 22.9. The van der Waals surface area contributed by atoms with E-state index in [4.69, 9.17) is 0 Å². The van der Waals surface area contributed by atoms with Gasteiger partial charge in [0, 0.05) is 13.1 Å². The summed E-state index contributed by atoms with van der Waals surface area (Å²) < 4.78 is 42.7. The molecule has 4 rings (SSSR count). The number of carbonyl (C=O) groups is 1. The fourth-order valence-corrected chi connectivity index (χ4v) is 5.83. The van der Waals surface area contributed by atoms with E-state index in [0.717, 1.165) is 35.4 Å². The molecule has 37 heavy (non-hydrogen) atoms. The van der Waals surface area contributed by atoms with Crippen LogP contribution >= 0.6 is 23.7 Å². The molecule has 1 heterocycles. The van der Waals surface area contributed by atoms with Crippen molar-refractivity contribution in [3.8, 4) is 0 Å². The van der Waals surface area contributed by atoms with Gasteiger partial charge in [-0.05, 0) is 61.6 Å². The molecule has 0 unspecified atom stereocenters. The van der Waals surface area contributed by atoms with Gasteiger partial charge >= 0.3 is 0 Å². The lowest BCUT2D eigenvalue weighted by Crippen LogP contribution is -2.39. The van der Waals surface area contributed by atoms with Crippen LogP contribution in [0.3, 0.4) is 0 Å². The number of sulfonamides is 1. The second kappa shape index (κ2) is 12.5. The topological polar surface area (TPSA) is 82.6 Å². The summed E-state index contributed by atoms with van der Waals surface area (Å²) in [6, 6.07) is 18.6. The number of hydrogen-bond donors (Lipinski definition) is 1. The number of halogens is 2. The number of aromatic nitrogens is 1. The van der Waals surface area contributed by atoms with Crippen LogP contribution in [-0.2, 0) is 10.0 Å². The van der Waals surface area contributed by atoms with Crippen molar-refractivity contribution in [2.75, 3.05) is 35.8 Å². The summed E-state index contributed by atoms with van der Waals surface area (Å²) in [5.74, 6) is -0.900. The number of hydrogen-bond acceptors (Lipinski definition) is 6. The molecular weight excluding hydrogens is 535 g/mol. The molecule has 196 valence electrons. The molecule has 11 heteroatoms. The van der Waals surface area contributed by atoms with Gasteiger partial charge in [0.15, 0.2) is 5.13 Å². The van der Waals surface area contributed by atoms with E-state index in [1.807, 2.05) is 24.3 Å². The third-order valence-electron chi connectivity index (χ3n) is 5.82. The van der Waals surface area contributed by atoms with E-state index in [0.29, 0.717) is 18.2 Å².